The van der Waals surface area contributed by atoms with Crippen molar-refractivity contribution in [2.24, 2.45) is 5.41 Å². The van der Waals surface area contributed by atoms with E-state index >= 15 is 0 Å². The SMILES string of the molecule is CNC(=O)C(NC(=O)c1nc(-c2nccs2)n2c1CN(C)CC2)C(C)(C)C. The van der Waals surface area contributed by atoms with Gasteiger partial charge in [-0.25, -0.2) is 9.97 Å². The third kappa shape index (κ3) is 3.89. The van der Waals surface area contributed by atoms with Gasteiger partial charge in [0.15, 0.2) is 16.5 Å². The first-order chi connectivity index (χ1) is 12.7. The molecule has 8 nitrogen and oxygen atoms in total. The Morgan fingerprint density at radius 2 is 2.04 bits per heavy atom. The van der Waals surface area contributed by atoms with Gasteiger partial charge in [-0.1, -0.05) is 20.8 Å². The monoisotopic (exact) mass is 390 g/mol. The molecule has 2 amide bonds. The molecule has 0 aromatic carbocycles. The Hall–Kier alpha value is -2.26. The summed E-state index contributed by atoms with van der Waals surface area (Å²) in [7, 11) is 3.59. The van der Waals surface area contributed by atoms with Crippen LogP contribution in [0.2, 0.25) is 0 Å². The van der Waals surface area contributed by atoms with Gasteiger partial charge in [0.05, 0.1) is 5.69 Å². The number of carbonyl (C=O) groups excluding carboxylic acids is 2. The number of nitrogens with zero attached hydrogens (tertiary/aromatic N) is 4. The summed E-state index contributed by atoms with van der Waals surface area (Å²) in [6.07, 6.45) is 1.73. The highest BCUT2D eigenvalue weighted by atomic mass is 32.1. The van der Waals surface area contributed by atoms with Crippen molar-refractivity contribution in [2.45, 2.75) is 39.9 Å². The van der Waals surface area contributed by atoms with Crippen LogP contribution in [0.5, 0.6) is 0 Å². The van der Waals surface area contributed by atoms with Gasteiger partial charge in [-0.15, -0.1) is 11.3 Å². The number of likely N-dealkylation sites (N-methyl/N-ethyl adjacent to an activating group) is 2. The maximum absolute atomic E-state index is 13.1. The van der Waals surface area contributed by atoms with Gasteiger partial charge in [0.25, 0.3) is 5.91 Å². The number of hydrogen-bond acceptors (Lipinski definition) is 6. The van der Waals surface area contributed by atoms with E-state index in [1.165, 1.54) is 11.3 Å². The molecule has 1 unspecified atom stereocenters. The van der Waals surface area contributed by atoms with Crippen molar-refractivity contribution in [1.82, 2.24) is 30.1 Å². The summed E-state index contributed by atoms with van der Waals surface area (Å²) in [5, 5.41) is 8.20. The van der Waals surface area contributed by atoms with Crippen LogP contribution in [0.3, 0.4) is 0 Å². The number of thiazole rings is 1. The largest absolute Gasteiger partial charge is 0.357 e. The molecule has 1 aliphatic heterocycles. The van der Waals surface area contributed by atoms with Gasteiger partial charge in [0, 0.05) is 38.3 Å². The second-order valence-corrected chi connectivity index (χ2v) is 8.74. The van der Waals surface area contributed by atoms with E-state index in [9.17, 15) is 9.59 Å². The highest BCUT2D eigenvalue weighted by Gasteiger charge is 2.35. The Bertz CT molecular complexity index is 837. The van der Waals surface area contributed by atoms with Crippen molar-refractivity contribution in [3.05, 3.63) is 23.0 Å². The van der Waals surface area contributed by atoms with Crippen molar-refractivity contribution in [1.29, 1.82) is 0 Å². The maximum Gasteiger partial charge on any atom is 0.272 e. The minimum atomic E-state index is -0.656. The predicted octanol–water partition coefficient (Wildman–Crippen LogP) is 1.34. The smallest absolute Gasteiger partial charge is 0.272 e. The molecule has 9 heteroatoms. The Morgan fingerprint density at radius 1 is 1.30 bits per heavy atom. The summed E-state index contributed by atoms with van der Waals surface area (Å²) >= 11 is 1.50. The zero-order chi connectivity index (χ0) is 19.8. The molecular formula is C18H26N6O2S. The van der Waals surface area contributed by atoms with Crippen LogP contribution in [-0.2, 0) is 17.9 Å². The quantitative estimate of drug-likeness (QED) is 0.822. The van der Waals surface area contributed by atoms with E-state index in [2.05, 4.69) is 30.1 Å². The molecule has 3 rings (SSSR count). The molecular weight excluding hydrogens is 364 g/mol. The number of fused-ring (bicyclic) bond motifs is 1. The number of nitrogens with one attached hydrogen (secondary N) is 2. The van der Waals surface area contributed by atoms with Crippen LogP contribution in [-0.4, -0.2) is 57.9 Å². The van der Waals surface area contributed by atoms with Crippen LogP contribution in [0.15, 0.2) is 11.6 Å². The summed E-state index contributed by atoms with van der Waals surface area (Å²) in [5.41, 5.74) is 0.797. The molecule has 1 atom stereocenters. The van der Waals surface area contributed by atoms with E-state index in [-0.39, 0.29) is 11.8 Å². The van der Waals surface area contributed by atoms with E-state index in [4.69, 9.17) is 0 Å². The number of aromatic nitrogens is 3. The van der Waals surface area contributed by atoms with Crippen LogP contribution < -0.4 is 10.6 Å². The van der Waals surface area contributed by atoms with Crippen LogP contribution in [0.4, 0.5) is 0 Å². The van der Waals surface area contributed by atoms with E-state index in [0.717, 1.165) is 23.8 Å². The molecule has 0 aliphatic carbocycles. The van der Waals surface area contributed by atoms with Gasteiger partial charge in [0.1, 0.15) is 6.04 Å². The van der Waals surface area contributed by atoms with Gasteiger partial charge in [0.2, 0.25) is 5.91 Å². The zero-order valence-electron chi connectivity index (χ0n) is 16.4. The molecule has 3 heterocycles. The number of amides is 2. The molecule has 146 valence electrons. The summed E-state index contributed by atoms with van der Waals surface area (Å²) in [6.45, 7) is 8.02. The van der Waals surface area contributed by atoms with Crippen molar-refractivity contribution in [2.75, 3.05) is 20.6 Å². The van der Waals surface area contributed by atoms with Gasteiger partial charge >= 0.3 is 0 Å². The molecule has 0 fully saturated rings. The fourth-order valence-corrected chi connectivity index (χ4v) is 3.82. The lowest BCUT2D eigenvalue weighted by Gasteiger charge is -2.30. The van der Waals surface area contributed by atoms with E-state index < -0.39 is 11.5 Å². The third-order valence-electron chi connectivity index (χ3n) is 4.69. The first kappa shape index (κ1) is 19.5. The summed E-state index contributed by atoms with van der Waals surface area (Å²) in [5.74, 6) is 0.159. The summed E-state index contributed by atoms with van der Waals surface area (Å²) < 4.78 is 2.07. The number of hydrogen-bond donors (Lipinski definition) is 2. The molecule has 27 heavy (non-hydrogen) atoms. The van der Waals surface area contributed by atoms with Gasteiger partial charge in [-0.05, 0) is 12.5 Å². The molecule has 2 aromatic heterocycles. The van der Waals surface area contributed by atoms with Gasteiger partial charge < -0.3 is 15.2 Å². The lowest BCUT2D eigenvalue weighted by atomic mass is 9.86. The van der Waals surface area contributed by atoms with Crippen molar-refractivity contribution >= 4 is 23.2 Å². The van der Waals surface area contributed by atoms with E-state index in [1.54, 1.807) is 13.2 Å². The maximum atomic E-state index is 13.1. The van der Waals surface area contributed by atoms with Crippen molar-refractivity contribution in [3.63, 3.8) is 0 Å². The topological polar surface area (TPSA) is 92.1 Å². The Labute approximate surface area is 163 Å². The van der Waals surface area contributed by atoms with Crippen molar-refractivity contribution < 1.29 is 9.59 Å². The highest BCUT2D eigenvalue weighted by Crippen LogP contribution is 2.28. The molecule has 0 saturated carbocycles. The lowest BCUT2D eigenvalue weighted by Crippen LogP contribution is -2.53. The van der Waals surface area contributed by atoms with E-state index in [1.807, 2.05) is 33.2 Å². The molecule has 2 N–H and O–H groups in total. The number of carbonyl (C=O) groups is 2. The van der Waals surface area contributed by atoms with Crippen molar-refractivity contribution in [3.8, 4) is 10.8 Å². The van der Waals surface area contributed by atoms with E-state index in [0.29, 0.717) is 18.1 Å². The second kappa shape index (κ2) is 7.40. The fraction of sp³-hybridized carbons (Fsp3) is 0.556. The van der Waals surface area contributed by atoms with Crippen LogP contribution in [0.25, 0.3) is 10.8 Å². The normalized spacial score (nSPS) is 15.9. The highest BCUT2D eigenvalue weighted by molar-refractivity contribution is 7.13. The summed E-state index contributed by atoms with van der Waals surface area (Å²) in [4.78, 5) is 36.5. The van der Waals surface area contributed by atoms with Crippen LogP contribution >= 0.6 is 11.3 Å². The minimum absolute atomic E-state index is 0.221. The minimum Gasteiger partial charge on any atom is -0.357 e. The zero-order valence-corrected chi connectivity index (χ0v) is 17.2. The first-order valence-corrected chi connectivity index (χ1v) is 9.80. The molecule has 2 aromatic rings. The number of rotatable bonds is 4. The molecule has 0 spiro atoms. The second-order valence-electron chi connectivity index (χ2n) is 7.84. The molecule has 0 radical (unpaired) electrons. The Kier molecular flexibility index (Phi) is 5.34. The standard InChI is InChI=1S/C18H26N6O2S/c1-18(2,3)13(16(26)19-4)22-15(25)12-11-10-23(5)7-8-24(11)14(21-12)17-20-6-9-27-17/h6,9,13H,7-8,10H2,1-5H3,(H,19,26)(H,22,25). The fourth-order valence-electron chi connectivity index (χ4n) is 3.19. The number of imidazole rings is 1. The first-order valence-electron chi connectivity index (χ1n) is 8.92. The molecule has 0 saturated heterocycles. The average Bonchev–Trinajstić information content (AvgIpc) is 3.24. The molecule has 0 bridgehead atoms. The third-order valence-corrected chi connectivity index (χ3v) is 5.46. The average molecular weight is 391 g/mol. The van der Waals surface area contributed by atoms with Gasteiger partial charge in [-0.3, -0.25) is 14.5 Å². The summed E-state index contributed by atoms with van der Waals surface area (Å²) in [6, 6.07) is -0.656. The van der Waals surface area contributed by atoms with Crippen LogP contribution in [0, 0.1) is 5.41 Å². The Balaban J connectivity index is 1.98. The Morgan fingerprint density at radius 3 is 2.63 bits per heavy atom. The molecule has 1 aliphatic rings. The lowest BCUT2D eigenvalue weighted by molar-refractivity contribution is -0.124. The van der Waals surface area contributed by atoms with Crippen LogP contribution in [0.1, 0.15) is 37.0 Å². The van der Waals surface area contributed by atoms with Gasteiger partial charge in [-0.2, -0.15) is 0 Å². The predicted molar refractivity (Wildman–Crippen MR) is 104 cm³/mol.